The molecular weight excluding hydrogens is 218 g/mol. The summed E-state index contributed by atoms with van der Waals surface area (Å²) in [7, 11) is 0. The van der Waals surface area contributed by atoms with E-state index in [9.17, 15) is 4.79 Å². The van der Waals surface area contributed by atoms with Crippen LogP contribution in [-0.2, 0) is 4.74 Å². The molecule has 0 aliphatic carbocycles. The molecule has 17 heavy (non-hydrogen) atoms. The highest BCUT2D eigenvalue weighted by atomic mass is 16.6. The van der Waals surface area contributed by atoms with E-state index in [0.717, 1.165) is 16.9 Å². The number of nitrogens with zero attached hydrogens (tertiary/aromatic N) is 3. The SMILES string of the molecule is Cc1nn2ccn(C(=O)OC(C)(C)C)c2c1C. The monoisotopic (exact) mass is 235 g/mol. The molecule has 2 rings (SSSR count). The van der Waals surface area contributed by atoms with Gasteiger partial charge in [0.05, 0.1) is 5.69 Å². The summed E-state index contributed by atoms with van der Waals surface area (Å²) in [5, 5.41) is 4.30. The van der Waals surface area contributed by atoms with Crippen molar-refractivity contribution in [2.24, 2.45) is 0 Å². The van der Waals surface area contributed by atoms with Crippen LogP contribution < -0.4 is 0 Å². The fourth-order valence-electron chi connectivity index (χ4n) is 1.67. The molecule has 0 saturated carbocycles. The van der Waals surface area contributed by atoms with Crippen LogP contribution in [0.2, 0.25) is 0 Å². The van der Waals surface area contributed by atoms with Gasteiger partial charge >= 0.3 is 6.09 Å². The van der Waals surface area contributed by atoms with Crippen molar-refractivity contribution >= 4 is 11.7 Å². The fraction of sp³-hybridized carbons (Fsp3) is 0.500. The van der Waals surface area contributed by atoms with E-state index in [1.807, 2.05) is 34.6 Å². The molecule has 2 aromatic heterocycles. The summed E-state index contributed by atoms with van der Waals surface area (Å²) in [4.78, 5) is 12.0. The van der Waals surface area contributed by atoms with Crippen LogP contribution in [0.1, 0.15) is 32.0 Å². The lowest BCUT2D eigenvalue weighted by atomic mass is 10.2. The second-order valence-corrected chi connectivity index (χ2v) is 5.13. The van der Waals surface area contributed by atoms with Gasteiger partial charge < -0.3 is 4.74 Å². The number of rotatable bonds is 0. The Bertz CT molecular complexity index is 572. The molecule has 0 radical (unpaired) electrons. The largest absolute Gasteiger partial charge is 0.443 e. The molecule has 5 heteroatoms. The quantitative estimate of drug-likeness (QED) is 0.705. The summed E-state index contributed by atoms with van der Waals surface area (Å²) in [6.45, 7) is 9.40. The first kappa shape index (κ1) is 11.7. The average Bonchev–Trinajstić information content (AvgIpc) is 2.67. The molecule has 0 bridgehead atoms. The second-order valence-electron chi connectivity index (χ2n) is 5.13. The highest BCUT2D eigenvalue weighted by molar-refractivity contribution is 5.77. The molecule has 0 aliphatic rings. The highest BCUT2D eigenvalue weighted by Gasteiger charge is 2.20. The van der Waals surface area contributed by atoms with E-state index >= 15 is 0 Å². The molecule has 92 valence electrons. The van der Waals surface area contributed by atoms with Crippen molar-refractivity contribution in [3.8, 4) is 0 Å². The van der Waals surface area contributed by atoms with Crippen LogP contribution in [0.15, 0.2) is 12.4 Å². The topological polar surface area (TPSA) is 48.5 Å². The van der Waals surface area contributed by atoms with E-state index in [1.165, 1.54) is 4.57 Å². The number of aromatic nitrogens is 3. The van der Waals surface area contributed by atoms with Crippen molar-refractivity contribution in [3.05, 3.63) is 23.7 Å². The van der Waals surface area contributed by atoms with Crippen LogP contribution in [-0.4, -0.2) is 25.9 Å². The zero-order chi connectivity index (χ0) is 12.8. The first-order valence-corrected chi connectivity index (χ1v) is 5.56. The molecule has 0 atom stereocenters. The number of carbonyl (C=O) groups excluding carboxylic acids is 1. The van der Waals surface area contributed by atoms with Gasteiger partial charge in [-0.1, -0.05) is 0 Å². The summed E-state index contributed by atoms with van der Waals surface area (Å²) >= 11 is 0. The minimum atomic E-state index is -0.499. The van der Waals surface area contributed by atoms with Crippen LogP contribution in [0.4, 0.5) is 4.79 Å². The van der Waals surface area contributed by atoms with Crippen molar-refractivity contribution in [1.82, 2.24) is 14.2 Å². The number of imidazole rings is 1. The Balaban J connectivity index is 2.45. The van der Waals surface area contributed by atoms with Crippen LogP contribution in [0.3, 0.4) is 0 Å². The predicted octanol–water partition coefficient (Wildman–Crippen LogP) is 2.54. The standard InChI is InChI=1S/C12H17N3O2/c1-8-9(2)13-15-7-6-14(10(8)15)11(16)17-12(3,4)5/h6-7H,1-5H3. The third-order valence-electron chi connectivity index (χ3n) is 2.53. The van der Waals surface area contributed by atoms with Crippen molar-refractivity contribution in [2.45, 2.75) is 40.2 Å². The van der Waals surface area contributed by atoms with E-state index in [1.54, 1.807) is 16.9 Å². The van der Waals surface area contributed by atoms with Crippen LogP contribution in [0.25, 0.3) is 5.65 Å². The van der Waals surface area contributed by atoms with Crippen molar-refractivity contribution in [3.63, 3.8) is 0 Å². The molecule has 0 spiro atoms. The predicted molar refractivity (Wildman–Crippen MR) is 64.3 cm³/mol. The summed E-state index contributed by atoms with van der Waals surface area (Å²) in [6.07, 6.45) is 3.04. The van der Waals surface area contributed by atoms with Crippen molar-refractivity contribution in [2.75, 3.05) is 0 Å². The number of aryl methyl sites for hydroxylation is 2. The molecule has 0 unspecified atom stereocenters. The maximum atomic E-state index is 12.0. The molecule has 0 amide bonds. The highest BCUT2D eigenvalue weighted by Crippen LogP contribution is 2.17. The maximum Gasteiger partial charge on any atom is 0.420 e. The molecule has 2 aromatic rings. The van der Waals surface area contributed by atoms with Gasteiger partial charge in [0.1, 0.15) is 11.2 Å². The van der Waals surface area contributed by atoms with Gasteiger partial charge in [-0.25, -0.2) is 13.9 Å². The summed E-state index contributed by atoms with van der Waals surface area (Å²) in [5.74, 6) is 0. The number of hydrogen-bond acceptors (Lipinski definition) is 3. The molecule has 0 aromatic carbocycles. The zero-order valence-electron chi connectivity index (χ0n) is 10.8. The Hall–Kier alpha value is -1.78. The Morgan fingerprint density at radius 3 is 2.53 bits per heavy atom. The van der Waals surface area contributed by atoms with Crippen LogP contribution in [0, 0.1) is 13.8 Å². The molecule has 2 heterocycles. The van der Waals surface area contributed by atoms with Crippen LogP contribution >= 0.6 is 0 Å². The van der Waals surface area contributed by atoms with Gasteiger partial charge in [0.15, 0.2) is 0 Å². The third-order valence-corrected chi connectivity index (χ3v) is 2.53. The lowest BCUT2D eigenvalue weighted by molar-refractivity contribution is 0.0543. The second kappa shape index (κ2) is 3.61. The molecular formula is C12H17N3O2. The van der Waals surface area contributed by atoms with Gasteiger partial charge in [0.25, 0.3) is 0 Å². The number of hydrogen-bond donors (Lipinski definition) is 0. The smallest absolute Gasteiger partial charge is 0.420 e. The Labute approximate surface area is 100.0 Å². The van der Waals surface area contributed by atoms with E-state index in [-0.39, 0.29) is 6.09 Å². The molecule has 0 fully saturated rings. The Morgan fingerprint density at radius 2 is 1.94 bits per heavy atom. The Kier molecular flexibility index (Phi) is 2.49. The third kappa shape index (κ3) is 2.05. The lowest BCUT2D eigenvalue weighted by Crippen LogP contribution is -2.26. The summed E-state index contributed by atoms with van der Waals surface area (Å²) in [6, 6.07) is 0. The maximum absolute atomic E-state index is 12.0. The van der Waals surface area contributed by atoms with Gasteiger partial charge in [-0.3, -0.25) is 0 Å². The van der Waals surface area contributed by atoms with Gasteiger partial charge in [0.2, 0.25) is 0 Å². The lowest BCUT2D eigenvalue weighted by Gasteiger charge is -2.19. The molecule has 0 N–H and O–H groups in total. The van der Waals surface area contributed by atoms with Gasteiger partial charge in [-0.15, -0.1) is 0 Å². The van der Waals surface area contributed by atoms with E-state index in [2.05, 4.69) is 5.10 Å². The Morgan fingerprint density at radius 1 is 1.29 bits per heavy atom. The van der Waals surface area contributed by atoms with E-state index < -0.39 is 5.60 Å². The molecule has 0 aliphatic heterocycles. The molecule has 5 nitrogen and oxygen atoms in total. The summed E-state index contributed by atoms with van der Waals surface area (Å²) < 4.78 is 8.51. The van der Waals surface area contributed by atoms with Crippen molar-refractivity contribution in [1.29, 1.82) is 0 Å². The normalized spacial score (nSPS) is 12.1. The minimum Gasteiger partial charge on any atom is -0.443 e. The van der Waals surface area contributed by atoms with Gasteiger partial charge in [0, 0.05) is 18.0 Å². The fourth-order valence-corrected chi connectivity index (χ4v) is 1.67. The number of carbonyl (C=O) groups is 1. The zero-order valence-corrected chi connectivity index (χ0v) is 10.8. The van der Waals surface area contributed by atoms with E-state index in [0.29, 0.717) is 0 Å². The van der Waals surface area contributed by atoms with Crippen molar-refractivity contribution < 1.29 is 9.53 Å². The number of fused-ring (bicyclic) bond motifs is 1. The van der Waals surface area contributed by atoms with E-state index in [4.69, 9.17) is 4.74 Å². The van der Waals surface area contributed by atoms with Gasteiger partial charge in [-0.05, 0) is 34.6 Å². The average molecular weight is 235 g/mol. The number of ether oxygens (including phenoxy) is 1. The first-order chi connectivity index (χ1) is 7.79. The first-order valence-electron chi connectivity index (χ1n) is 5.56. The van der Waals surface area contributed by atoms with Crippen LogP contribution in [0.5, 0.6) is 0 Å². The molecule has 0 saturated heterocycles. The van der Waals surface area contributed by atoms with Gasteiger partial charge in [-0.2, -0.15) is 5.10 Å². The summed E-state index contributed by atoms with van der Waals surface area (Å²) in [5.41, 5.74) is 2.16. The minimum absolute atomic E-state index is 0.379.